The van der Waals surface area contributed by atoms with E-state index in [4.69, 9.17) is 11.5 Å². The summed E-state index contributed by atoms with van der Waals surface area (Å²) in [4.78, 5) is 23.7. The van der Waals surface area contributed by atoms with Crippen LogP contribution in [0.1, 0.15) is 25.7 Å². The average molecular weight is 254 g/mol. The highest BCUT2D eigenvalue weighted by Crippen LogP contribution is 1.92. The fraction of sp³-hybridized carbons (Fsp3) is 0.667. The van der Waals surface area contributed by atoms with Gasteiger partial charge >= 0.3 is 5.69 Å². The Balaban J connectivity index is 2.79. The van der Waals surface area contributed by atoms with Gasteiger partial charge in [-0.25, -0.2) is 4.79 Å². The van der Waals surface area contributed by atoms with Crippen LogP contribution >= 0.6 is 0 Å². The van der Waals surface area contributed by atoms with Crippen LogP contribution in [0.2, 0.25) is 0 Å². The van der Waals surface area contributed by atoms with Crippen LogP contribution in [0.15, 0.2) is 21.9 Å². The molecule has 0 fully saturated rings. The number of unbranched alkanes of at least 4 members (excludes halogenated alkanes) is 2. The van der Waals surface area contributed by atoms with E-state index in [0.29, 0.717) is 26.2 Å². The zero-order valence-electron chi connectivity index (χ0n) is 10.7. The second-order valence-corrected chi connectivity index (χ2v) is 4.27. The van der Waals surface area contributed by atoms with Gasteiger partial charge in [-0.3, -0.25) is 9.36 Å². The molecule has 18 heavy (non-hydrogen) atoms. The summed E-state index contributed by atoms with van der Waals surface area (Å²) in [5, 5.41) is 0. The third-order valence-corrected chi connectivity index (χ3v) is 2.83. The fourth-order valence-electron chi connectivity index (χ4n) is 1.77. The summed E-state index contributed by atoms with van der Waals surface area (Å²) in [6.07, 6.45) is 4.84. The summed E-state index contributed by atoms with van der Waals surface area (Å²) in [6, 6.07) is 1.44. The van der Waals surface area contributed by atoms with E-state index in [0.717, 1.165) is 25.7 Å². The smallest absolute Gasteiger partial charge is 0.330 e. The highest BCUT2D eigenvalue weighted by molar-refractivity contribution is 4.86. The number of nitrogens with two attached hydrogens (primary N) is 2. The molecule has 4 N–H and O–H groups in total. The minimum absolute atomic E-state index is 0.239. The Labute approximate surface area is 106 Å². The van der Waals surface area contributed by atoms with E-state index < -0.39 is 0 Å². The van der Waals surface area contributed by atoms with Crippen molar-refractivity contribution in [2.45, 2.75) is 38.8 Å². The van der Waals surface area contributed by atoms with Gasteiger partial charge in [0.1, 0.15) is 0 Å². The molecule has 6 nitrogen and oxygen atoms in total. The Morgan fingerprint density at radius 1 is 0.944 bits per heavy atom. The molecule has 0 amide bonds. The average Bonchev–Trinajstić information content (AvgIpc) is 2.36. The summed E-state index contributed by atoms with van der Waals surface area (Å²) in [5.41, 5.74) is 10.3. The molecular formula is C12H22N4O2. The summed E-state index contributed by atoms with van der Waals surface area (Å²) < 4.78 is 2.84. The van der Waals surface area contributed by atoms with Gasteiger partial charge in [-0.15, -0.1) is 0 Å². The molecule has 0 saturated carbocycles. The second kappa shape index (κ2) is 7.84. The maximum atomic E-state index is 12.0. The monoisotopic (exact) mass is 254 g/mol. The molecule has 6 heteroatoms. The predicted octanol–water partition coefficient (Wildman–Crippen LogP) is -0.512. The molecule has 0 aliphatic heterocycles. The molecule has 0 aliphatic rings. The molecule has 0 aliphatic carbocycles. The Kier molecular flexibility index (Phi) is 6.38. The van der Waals surface area contributed by atoms with Crippen molar-refractivity contribution >= 4 is 0 Å². The minimum atomic E-state index is -0.243. The number of hydrogen-bond donors (Lipinski definition) is 2. The first-order chi connectivity index (χ1) is 8.70. The van der Waals surface area contributed by atoms with Crippen LogP contribution in [-0.2, 0) is 13.1 Å². The lowest BCUT2D eigenvalue weighted by Gasteiger charge is -2.09. The van der Waals surface area contributed by atoms with E-state index in [2.05, 4.69) is 0 Å². The third-order valence-electron chi connectivity index (χ3n) is 2.83. The van der Waals surface area contributed by atoms with Crippen LogP contribution in [0.3, 0.4) is 0 Å². The topological polar surface area (TPSA) is 96.0 Å². The number of hydrogen-bond acceptors (Lipinski definition) is 4. The van der Waals surface area contributed by atoms with Crippen molar-refractivity contribution in [3.63, 3.8) is 0 Å². The maximum Gasteiger partial charge on any atom is 0.330 e. The van der Waals surface area contributed by atoms with E-state index in [1.807, 2.05) is 0 Å². The van der Waals surface area contributed by atoms with Crippen LogP contribution < -0.4 is 22.7 Å². The molecule has 0 spiro atoms. The molecule has 0 saturated heterocycles. The maximum absolute atomic E-state index is 12.0. The first-order valence-corrected chi connectivity index (χ1v) is 6.41. The lowest BCUT2D eigenvalue weighted by molar-refractivity contribution is 0.510. The molecule has 0 atom stereocenters. The molecule has 0 aromatic carbocycles. The van der Waals surface area contributed by atoms with Crippen molar-refractivity contribution in [3.05, 3.63) is 33.1 Å². The molecule has 0 bridgehead atoms. The molecule has 1 aromatic heterocycles. The van der Waals surface area contributed by atoms with Gasteiger partial charge in [-0.05, 0) is 38.8 Å². The van der Waals surface area contributed by atoms with Crippen molar-refractivity contribution in [3.8, 4) is 0 Å². The summed E-state index contributed by atoms with van der Waals surface area (Å²) in [5.74, 6) is 0. The molecule has 0 unspecified atom stereocenters. The molecular weight excluding hydrogens is 232 g/mol. The Bertz CT molecular complexity index is 464. The Morgan fingerprint density at radius 3 is 2.17 bits per heavy atom. The quantitative estimate of drug-likeness (QED) is 0.611. The van der Waals surface area contributed by atoms with Crippen molar-refractivity contribution in [2.24, 2.45) is 11.5 Å². The van der Waals surface area contributed by atoms with Gasteiger partial charge < -0.3 is 16.0 Å². The Morgan fingerprint density at radius 2 is 1.56 bits per heavy atom. The van der Waals surface area contributed by atoms with Crippen molar-refractivity contribution in [2.75, 3.05) is 13.1 Å². The third kappa shape index (κ3) is 4.12. The fourth-order valence-corrected chi connectivity index (χ4v) is 1.77. The zero-order chi connectivity index (χ0) is 13.4. The van der Waals surface area contributed by atoms with Crippen LogP contribution in [-0.4, -0.2) is 22.2 Å². The standard InChI is InChI=1S/C12H22N4O2/c13-6-1-3-8-15-10-5-11(17)16(12(15)18)9-4-2-7-14/h5,10H,1-4,6-9,13-14H2. The van der Waals surface area contributed by atoms with Gasteiger partial charge in [0.05, 0.1) is 0 Å². The highest BCUT2D eigenvalue weighted by Gasteiger charge is 2.04. The molecule has 1 rings (SSSR count). The van der Waals surface area contributed by atoms with Gasteiger partial charge in [-0.1, -0.05) is 0 Å². The van der Waals surface area contributed by atoms with Crippen LogP contribution in [0.25, 0.3) is 0 Å². The first-order valence-electron chi connectivity index (χ1n) is 6.41. The van der Waals surface area contributed by atoms with Crippen LogP contribution in [0, 0.1) is 0 Å². The number of aromatic nitrogens is 2. The SMILES string of the molecule is NCCCCn1ccc(=O)n(CCCCN)c1=O. The van der Waals surface area contributed by atoms with Gasteiger partial charge in [0, 0.05) is 25.4 Å². The van der Waals surface area contributed by atoms with Gasteiger partial charge in [0.15, 0.2) is 0 Å². The largest absolute Gasteiger partial charge is 0.330 e. The minimum Gasteiger partial charge on any atom is -0.330 e. The normalized spacial score (nSPS) is 10.8. The van der Waals surface area contributed by atoms with Crippen LogP contribution in [0.5, 0.6) is 0 Å². The van der Waals surface area contributed by atoms with Crippen molar-refractivity contribution in [1.29, 1.82) is 0 Å². The Hall–Kier alpha value is -1.40. The summed E-state index contributed by atoms with van der Waals surface area (Å²) in [7, 11) is 0. The summed E-state index contributed by atoms with van der Waals surface area (Å²) >= 11 is 0. The molecule has 102 valence electrons. The molecule has 0 radical (unpaired) electrons. The highest BCUT2D eigenvalue weighted by atomic mass is 16.2. The molecule has 1 heterocycles. The van der Waals surface area contributed by atoms with Crippen molar-refractivity contribution in [1.82, 2.24) is 9.13 Å². The lowest BCUT2D eigenvalue weighted by Crippen LogP contribution is -2.39. The van der Waals surface area contributed by atoms with E-state index in [-0.39, 0.29) is 11.2 Å². The van der Waals surface area contributed by atoms with E-state index >= 15 is 0 Å². The molecule has 1 aromatic rings. The van der Waals surface area contributed by atoms with E-state index in [9.17, 15) is 9.59 Å². The summed E-state index contributed by atoms with van der Waals surface area (Å²) in [6.45, 7) is 2.23. The van der Waals surface area contributed by atoms with Gasteiger partial charge in [0.25, 0.3) is 5.56 Å². The number of aryl methyl sites for hydroxylation is 1. The number of nitrogens with zero attached hydrogens (tertiary/aromatic N) is 2. The van der Waals surface area contributed by atoms with E-state index in [1.54, 1.807) is 10.8 Å². The van der Waals surface area contributed by atoms with E-state index in [1.165, 1.54) is 10.6 Å². The van der Waals surface area contributed by atoms with Crippen molar-refractivity contribution < 1.29 is 0 Å². The lowest BCUT2D eigenvalue weighted by atomic mass is 10.3. The van der Waals surface area contributed by atoms with Gasteiger partial charge in [0.2, 0.25) is 0 Å². The number of rotatable bonds is 8. The van der Waals surface area contributed by atoms with Crippen LogP contribution in [0.4, 0.5) is 0 Å². The van der Waals surface area contributed by atoms with Gasteiger partial charge in [-0.2, -0.15) is 0 Å². The second-order valence-electron chi connectivity index (χ2n) is 4.27. The first kappa shape index (κ1) is 14.7. The zero-order valence-corrected chi connectivity index (χ0v) is 10.7. The predicted molar refractivity (Wildman–Crippen MR) is 71.5 cm³/mol.